The van der Waals surface area contributed by atoms with Gasteiger partial charge in [0.05, 0.1) is 19.8 Å². The van der Waals surface area contributed by atoms with Crippen LogP contribution < -0.4 is 14.2 Å². The molecule has 4 heteroatoms. The number of methoxy groups -OCH3 is 2. The second-order valence-electron chi connectivity index (χ2n) is 7.02. The van der Waals surface area contributed by atoms with Crippen molar-refractivity contribution >= 4 is 5.78 Å². The van der Waals surface area contributed by atoms with Crippen molar-refractivity contribution in [1.29, 1.82) is 0 Å². The van der Waals surface area contributed by atoms with Crippen molar-refractivity contribution in [3.05, 3.63) is 71.3 Å². The second-order valence-corrected chi connectivity index (χ2v) is 7.02. The zero-order valence-corrected chi connectivity index (χ0v) is 18.2. The van der Waals surface area contributed by atoms with Crippen LogP contribution in [-0.4, -0.2) is 20.0 Å². The number of aryl methyl sites for hydroxylation is 2. The predicted octanol–water partition coefficient (Wildman–Crippen LogP) is 6.49. The van der Waals surface area contributed by atoms with E-state index in [1.54, 1.807) is 21.1 Å². The molecule has 0 aromatic heterocycles. The van der Waals surface area contributed by atoms with Crippen LogP contribution in [0.5, 0.6) is 23.0 Å². The average molecular weight is 405 g/mol. The first kappa shape index (κ1) is 21.4. The van der Waals surface area contributed by atoms with Crippen molar-refractivity contribution < 1.29 is 19.0 Å². The Kier molecular flexibility index (Phi) is 6.78. The van der Waals surface area contributed by atoms with Crippen LogP contribution in [0.3, 0.4) is 0 Å². The summed E-state index contributed by atoms with van der Waals surface area (Å²) < 4.78 is 17.2. The number of rotatable bonds is 8. The largest absolute Gasteiger partial charge is 0.493 e. The lowest BCUT2D eigenvalue weighted by Crippen LogP contribution is -2.06. The molecule has 3 aromatic carbocycles. The van der Waals surface area contributed by atoms with Crippen LogP contribution in [-0.2, 0) is 12.8 Å². The van der Waals surface area contributed by atoms with Crippen LogP contribution in [0.1, 0.15) is 42.3 Å². The molecule has 4 nitrogen and oxygen atoms in total. The molecule has 0 radical (unpaired) electrons. The lowest BCUT2D eigenvalue weighted by Gasteiger charge is -2.20. The third-order valence-corrected chi connectivity index (χ3v) is 5.19. The van der Waals surface area contributed by atoms with Gasteiger partial charge in [-0.3, -0.25) is 4.79 Å². The number of Topliss-reactive ketones (excluding diaryl/α,β-unsaturated/α-hetero) is 1. The summed E-state index contributed by atoms with van der Waals surface area (Å²) in [5.41, 5.74) is 4.52. The molecule has 30 heavy (non-hydrogen) atoms. The molecule has 0 atom stereocenters. The number of para-hydroxylation sites is 1. The van der Waals surface area contributed by atoms with Crippen LogP contribution in [0.15, 0.2) is 54.6 Å². The predicted molar refractivity (Wildman–Crippen MR) is 120 cm³/mol. The minimum absolute atomic E-state index is 0.0573. The molecule has 0 heterocycles. The van der Waals surface area contributed by atoms with Crippen LogP contribution in [0.4, 0.5) is 0 Å². The Morgan fingerprint density at radius 3 is 2.10 bits per heavy atom. The fourth-order valence-corrected chi connectivity index (χ4v) is 3.72. The summed E-state index contributed by atoms with van der Waals surface area (Å²) in [4.78, 5) is 12.7. The standard InChI is InChI=1S/C26H28O4/c1-6-18-15-20(13-14-22(18)30-21-11-9-8-10-12-21)25-19(7-2)16-23(28-4)26(29-5)24(25)17(3)27/h8-16H,6-7H2,1-5H3. The van der Waals surface area contributed by atoms with Crippen molar-refractivity contribution in [3.8, 4) is 34.1 Å². The highest BCUT2D eigenvalue weighted by atomic mass is 16.5. The molecule has 3 aromatic rings. The SMILES string of the molecule is CCc1cc(-c2c(CC)cc(OC)c(OC)c2C(C)=O)ccc1Oc1ccccc1. The van der Waals surface area contributed by atoms with Gasteiger partial charge in [-0.2, -0.15) is 0 Å². The molecule has 0 saturated carbocycles. The molecule has 0 fully saturated rings. The fourth-order valence-electron chi connectivity index (χ4n) is 3.72. The van der Waals surface area contributed by atoms with E-state index >= 15 is 0 Å². The van der Waals surface area contributed by atoms with Crippen molar-refractivity contribution in [2.45, 2.75) is 33.6 Å². The van der Waals surface area contributed by atoms with Crippen molar-refractivity contribution in [2.24, 2.45) is 0 Å². The zero-order chi connectivity index (χ0) is 21.7. The summed E-state index contributed by atoms with van der Waals surface area (Å²) in [5, 5.41) is 0. The number of hydrogen-bond donors (Lipinski definition) is 0. The Balaban J connectivity index is 2.18. The van der Waals surface area contributed by atoms with E-state index < -0.39 is 0 Å². The average Bonchev–Trinajstić information content (AvgIpc) is 2.78. The molecule has 0 bridgehead atoms. The Bertz CT molecular complexity index is 1040. The van der Waals surface area contributed by atoms with Crippen LogP contribution in [0.25, 0.3) is 11.1 Å². The summed E-state index contributed by atoms with van der Waals surface area (Å²) in [6.07, 6.45) is 1.57. The number of carbonyl (C=O) groups is 1. The highest BCUT2D eigenvalue weighted by Crippen LogP contribution is 2.42. The molecule has 156 valence electrons. The van der Waals surface area contributed by atoms with E-state index in [4.69, 9.17) is 14.2 Å². The van der Waals surface area contributed by atoms with Crippen molar-refractivity contribution in [3.63, 3.8) is 0 Å². The molecule has 0 unspecified atom stereocenters. The molecular weight excluding hydrogens is 376 g/mol. The first-order valence-electron chi connectivity index (χ1n) is 10.2. The van der Waals surface area contributed by atoms with Gasteiger partial charge in [-0.15, -0.1) is 0 Å². The first-order chi connectivity index (χ1) is 14.5. The highest BCUT2D eigenvalue weighted by molar-refractivity contribution is 6.05. The smallest absolute Gasteiger partial charge is 0.172 e. The number of hydrogen-bond acceptors (Lipinski definition) is 4. The number of carbonyl (C=O) groups excluding carboxylic acids is 1. The Morgan fingerprint density at radius 1 is 0.833 bits per heavy atom. The Labute approximate surface area is 178 Å². The van der Waals surface area contributed by atoms with Gasteiger partial charge in [-0.25, -0.2) is 0 Å². The lowest BCUT2D eigenvalue weighted by molar-refractivity contribution is 0.101. The minimum atomic E-state index is -0.0573. The third-order valence-electron chi connectivity index (χ3n) is 5.19. The maximum Gasteiger partial charge on any atom is 0.172 e. The van der Waals surface area contributed by atoms with Gasteiger partial charge in [-0.05, 0) is 72.4 Å². The normalized spacial score (nSPS) is 10.6. The molecule has 0 N–H and O–H groups in total. The van der Waals surface area contributed by atoms with Crippen molar-refractivity contribution in [2.75, 3.05) is 14.2 Å². The van der Waals surface area contributed by atoms with Crippen LogP contribution in [0.2, 0.25) is 0 Å². The van der Waals surface area contributed by atoms with E-state index in [1.165, 1.54) is 0 Å². The summed E-state index contributed by atoms with van der Waals surface area (Å²) in [6.45, 7) is 5.73. The fraction of sp³-hybridized carbons (Fsp3) is 0.269. The topological polar surface area (TPSA) is 44.8 Å². The molecule has 0 aliphatic rings. The van der Waals surface area contributed by atoms with Crippen LogP contribution in [0, 0.1) is 0 Å². The maximum atomic E-state index is 12.7. The van der Waals surface area contributed by atoms with Gasteiger partial charge in [-0.1, -0.05) is 38.1 Å². The summed E-state index contributed by atoms with van der Waals surface area (Å²) in [6, 6.07) is 17.8. The van der Waals surface area contributed by atoms with E-state index in [1.807, 2.05) is 48.5 Å². The first-order valence-corrected chi connectivity index (χ1v) is 10.2. The number of benzene rings is 3. The van der Waals surface area contributed by atoms with E-state index in [0.717, 1.165) is 46.6 Å². The van der Waals surface area contributed by atoms with E-state index in [9.17, 15) is 4.79 Å². The minimum Gasteiger partial charge on any atom is -0.493 e. The van der Waals surface area contributed by atoms with Gasteiger partial charge in [0.15, 0.2) is 17.3 Å². The third kappa shape index (κ3) is 4.18. The summed E-state index contributed by atoms with van der Waals surface area (Å²) in [5.74, 6) is 2.60. The zero-order valence-electron chi connectivity index (χ0n) is 18.2. The van der Waals surface area contributed by atoms with Gasteiger partial charge in [0.1, 0.15) is 11.5 Å². The van der Waals surface area contributed by atoms with Gasteiger partial charge in [0, 0.05) is 0 Å². The molecule has 0 spiro atoms. The maximum absolute atomic E-state index is 12.7. The number of ether oxygens (including phenoxy) is 3. The highest BCUT2D eigenvalue weighted by Gasteiger charge is 2.23. The van der Waals surface area contributed by atoms with Gasteiger partial charge < -0.3 is 14.2 Å². The molecule has 0 aliphatic carbocycles. The quantitative estimate of drug-likeness (QED) is 0.403. The van der Waals surface area contributed by atoms with Gasteiger partial charge in [0.2, 0.25) is 0 Å². The van der Waals surface area contributed by atoms with Gasteiger partial charge >= 0.3 is 0 Å². The Hall–Kier alpha value is -3.27. The Morgan fingerprint density at radius 2 is 1.53 bits per heavy atom. The molecular formula is C26H28O4. The van der Waals surface area contributed by atoms with E-state index in [0.29, 0.717) is 17.1 Å². The van der Waals surface area contributed by atoms with E-state index in [2.05, 4.69) is 19.9 Å². The molecule has 0 aliphatic heterocycles. The monoisotopic (exact) mass is 404 g/mol. The summed E-state index contributed by atoms with van der Waals surface area (Å²) in [7, 11) is 3.15. The molecule has 0 amide bonds. The summed E-state index contributed by atoms with van der Waals surface area (Å²) >= 11 is 0. The van der Waals surface area contributed by atoms with Gasteiger partial charge in [0.25, 0.3) is 0 Å². The molecule has 3 rings (SSSR count). The number of ketones is 1. The lowest BCUT2D eigenvalue weighted by atomic mass is 9.89. The van der Waals surface area contributed by atoms with Crippen LogP contribution >= 0.6 is 0 Å². The second kappa shape index (κ2) is 9.49. The van der Waals surface area contributed by atoms with Crippen molar-refractivity contribution in [1.82, 2.24) is 0 Å². The molecule has 0 saturated heterocycles. The van der Waals surface area contributed by atoms with E-state index in [-0.39, 0.29) is 5.78 Å².